The first-order valence-electron chi connectivity index (χ1n) is 10.5. The second-order valence-electron chi connectivity index (χ2n) is 9.96. The zero-order valence-corrected chi connectivity index (χ0v) is 15.0. The summed E-state index contributed by atoms with van der Waals surface area (Å²) in [6, 6.07) is 0. The van der Waals surface area contributed by atoms with E-state index in [1.54, 1.807) is 0 Å². The van der Waals surface area contributed by atoms with Gasteiger partial charge in [-0.2, -0.15) is 0 Å². The molecule has 0 N–H and O–H groups in total. The molecule has 1 heterocycles. The molecule has 7 rings (SSSR count). The van der Waals surface area contributed by atoms with E-state index in [0.29, 0.717) is 17.8 Å². The molecule has 0 aromatic heterocycles. The third kappa shape index (κ3) is 1.79. The number of fused-ring (bicyclic) bond motifs is 1. The lowest BCUT2D eigenvalue weighted by Crippen LogP contribution is -2.60. The maximum absolute atomic E-state index is 13.3. The molecule has 4 nitrogen and oxygen atoms in total. The number of carbonyl (C=O) groups is 2. The molecule has 0 aromatic carbocycles. The van der Waals surface area contributed by atoms with Gasteiger partial charge in [0.2, 0.25) is 0 Å². The molecule has 7 aliphatic rings. The van der Waals surface area contributed by atoms with Gasteiger partial charge in [0.15, 0.2) is 0 Å². The molecule has 5 unspecified atom stereocenters. The van der Waals surface area contributed by atoms with Crippen LogP contribution in [0.25, 0.3) is 0 Å². The van der Waals surface area contributed by atoms with Crippen molar-refractivity contribution in [3.63, 3.8) is 0 Å². The van der Waals surface area contributed by atoms with Crippen molar-refractivity contribution in [2.75, 3.05) is 0 Å². The number of hydrogen-bond donors (Lipinski definition) is 0. The lowest BCUT2D eigenvalue weighted by Gasteiger charge is -2.60. The molecule has 0 spiro atoms. The van der Waals surface area contributed by atoms with Crippen molar-refractivity contribution >= 4 is 11.9 Å². The molecule has 4 heteroatoms. The third-order valence-electron chi connectivity index (χ3n) is 9.12. The minimum Gasteiger partial charge on any atom is -0.462 e. The first kappa shape index (κ1) is 15.0. The van der Waals surface area contributed by atoms with E-state index in [1.807, 2.05) is 0 Å². The summed E-state index contributed by atoms with van der Waals surface area (Å²) in [4.78, 5) is 25.6. The Morgan fingerprint density at radius 3 is 2.40 bits per heavy atom. The van der Waals surface area contributed by atoms with Gasteiger partial charge < -0.3 is 9.47 Å². The summed E-state index contributed by atoms with van der Waals surface area (Å²) in [7, 11) is 0. The summed E-state index contributed by atoms with van der Waals surface area (Å²) >= 11 is 0. The Balaban J connectivity index is 1.28. The van der Waals surface area contributed by atoms with Crippen LogP contribution in [0.15, 0.2) is 0 Å². The van der Waals surface area contributed by atoms with Gasteiger partial charge in [0.1, 0.15) is 11.7 Å². The minimum atomic E-state index is -0.242. The molecular weight excluding hydrogens is 316 g/mol. The molecule has 6 aliphatic carbocycles. The average molecular weight is 344 g/mol. The van der Waals surface area contributed by atoms with Crippen LogP contribution < -0.4 is 0 Å². The fraction of sp³-hybridized carbons (Fsp3) is 0.905. The summed E-state index contributed by atoms with van der Waals surface area (Å²) in [5.74, 6) is 2.81. The maximum atomic E-state index is 13.3. The summed E-state index contributed by atoms with van der Waals surface area (Å²) < 4.78 is 12.0. The van der Waals surface area contributed by atoms with Gasteiger partial charge in [0, 0.05) is 5.92 Å². The van der Waals surface area contributed by atoms with E-state index in [-0.39, 0.29) is 41.4 Å². The van der Waals surface area contributed by atoms with E-state index in [9.17, 15) is 9.59 Å². The van der Waals surface area contributed by atoms with Crippen molar-refractivity contribution in [3.8, 4) is 0 Å². The first-order chi connectivity index (χ1) is 12.1. The van der Waals surface area contributed by atoms with E-state index >= 15 is 0 Å². The summed E-state index contributed by atoms with van der Waals surface area (Å²) in [6.45, 7) is 2.20. The fourth-order valence-corrected chi connectivity index (χ4v) is 8.38. The normalized spacial score (nSPS) is 57.2. The Labute approximate surface area is 149 Å². The molecule has 0 amide bonds. The highest BCUT2D eigenvalue weighted by Gasteiger charge is 2.66. The van der Waals surface area contributed by atoms with Gasteiger partial charge in [-0.3, -0.25) is 9.59 Å². The average Bonchev–Trinajstić information content (AvgIpc) is 3.19. The Bertz CT molecular complexity index is 610. The van der Waals surface area contributed by atoms with Gasteiger partial charge in [-0.15, -0.1) is 0 Å². The Kier molecular flexibility index (Phi) is 2.89. The first-order valence-corrected chi connectivity index (χ1v) is 10.5. The van der Waals surface area contributed by atoms with Crippen LogP contribution in [0.2, 0.25) is 0 Å². The molecule has 1 saturated heterocycles. The Morgan fingerprint density at radius 2 is 1.76 bits per heavy atom. The largest absolute Gasteiger partial charge is 0.462 e. The van der Waals surface area contributed by atoms with Gasteiger partial charge in [0.25, 0.3) is 0 Å². The zero-order valence-electron chi connectivity index (χ0n) is 15.0. The van der Waals surface area contributed by atoms with Gasteiger partial charge in [-0.1, -0.05) is 6.92 Å². The van der Waals surface area contributed by atoms with Crippen molar-refractivity contribution in [1.29, 1.82) is 0 Å². The van der Waals surface area contributed by atoms with Gasteiger partial charge >= 0.3 is 11.9 Å². The highest BCUT2D eigenvalue weighted by Crippen LogP contribution is 2.62. The number of esters is 2. The van der Waals surface area contributed by atoms with Crippen LogP contribution in [0.5, 0.6) is 0 Å². The lowest BCUT2D eigenvalue weighted by molar-refractivity contribution is -0.216. The lowest BCUT2D eigenvalue weighted by atomic mass is 9.49. The van der Waals surface area contributed by atoms with E-state index in [4.69, 9.17) is 9.47 Å². The smallest absolute Gasteiger partial charge is 0.310 e. The van der Waals surface area contributed by atoms with Gasteiger partial charge in [0.05, 0.1) is 11.8 Å². The topological polar surface area (TPSA) is 52.6 Å². The zero-order chi connectivity index (χ0) is 16.9. The molecule has 6 bridgehead atoms. The van der Waals surface area contributed by atoms with Crippen molar-refractivity contribution in [1.82, 2.24) is 0 Å². The minimum absolute atomic E-state index is 0.0656. The van der Waals surface area contributed by atoms with Crippen molar-refractivity contribution in [2.24, 2.45) is 47.3 Å². The molecule has 5 atom stereocenters. The molecule has 1 aliphatic heterocycles. The molecule has 0 radical (unpaired) electrons. The quantitative estimate of drug-likeness (QED) is 0.737. The fourth-order valence-electron chi connectivity index (χ4n) is 8.38. The van der Waals surface area contributed by atoms with Crippen LogP contribution in [0, 0.1) is 47.3 Å². The standard InChI is InChI=1S/C21H28O4/c1-2-21(13-4-10-3-11(6-13)7-14(21)5-10)25-20(23)17-12-8-15-16(9-12)24-19(22)18(15)17/h10-18H,2-9H2,1H3. The van der Waals surface area contributed by atoms with Gasteiger partial charge in [-0.25, -0.2) is 0 Å². The predicted molar refractivity (Wildman–Crippen MR) is 89.2 cm³/mol. The SMILES string of the molecule is CCC1(OC(=O)C2C3CC4OC(=O)C2C4C3)C2CC3CC(C2)CC1C3. The highest BCUT2D eigenvalue weighted by atomic mass is 16.6. The predicted octanol–water partition coefficient (Wildman–Crippen LogP) is 3.33. The number of ether oxygens (including phenoxy) is 2. The number of carbonyl (C=O) groups excluding carboxylic acids is 2. The number of hydrogen-bond acceptors (Lipinski definition) is 4. The molecule has 136 valence electrons. The van der Waals surface area contributed by atoms with Crippen LogP contribution in [0.1, 0.15) is 58.3 Å². The van der Waals surface area contributed by atoms with Crippen LogP contribution in [0.3, 0.4) is 0 Å². The van der Waals surface area contributed by atoms with Crippen LogP contribution in [-0.4, -0.2) is 23.6 Å². The summed E-state index contributed by atoms with van der Waals surface area (Å²) in [5, 5.41) is 0. The molecule has 7 fully saturated rings. The maximum Gasteiger partial charge on any atom is 0.310 e. The Hall–Kier alpha value is -1.06. The summed E-state index contributed by atoms with van der Waals surface area (Å²) in [5.41, 5.74) is -0.242. The Morgan fingerprint density at radius 1 is 1.08 bits per heavy atom. The van der Waals surface area contributed by atoms with Crippen LogP contribution in [0.4, 0.5) is 0 Å². The third-order valence-corrected chi connectivity index (χ3v) is 9.12. The molecule has 0 aromatic rings. The number of rotatable bonds is 3. The monoisotopic (exact) mass is 344 g/mol. The van der Waals surface area contributed by atoms with Gasteiger partial charge in [-0.05, 0) is 81.0 Å². The second kappa shape index (κ2) is 4.80. The van der Waals surface area contributed by atoms with Crippen molar-refractivity contribution in [3.05, 3.63) is 0 Å². The molecule has 25 heavy (non-hydrogen) atoms. The van der Waals surface area contributed by atoms with Crippen molar-refractivity contribution < 1.29 is 19.1 Å². The van der Waals surface area contributed by atoms with E-state index in [2.05, 4.69) is 6.92 Å². The van der Waals surface area contributed by atoms with Crippen LogP contribution >= 0.6 is 0 Å². The second-order valence-corrected chi connectivity index (χ2v) is 9.96. The van der Waals surface area contributed by atoms with E-state index in [1.165, 1.54) is 32.1 Å². The van der Waals surface area contributed by atoms with Crippen LogP contribution in [-0.2, 0) is 19.1 Å². The van der Waals surface area contributed by atoms with Crippen molar-refractivity contribution in [2.45, 2.75) is 70.0 Å². The highest BCUT2D eigenvalue weighted by molar-refractivity contribution is 5.86. The van der Waals surface area contributed by atoms with E-state index < -0.39 is 0 Å². The molecular formula is C21H28O4. The molecule has 6 saturated carbocycles. The van der Waals surface area contributed by atoms with E-state index in [0.717, 1.165) is 31.1 Å². The summed E-state index contributed by atoms with van der Waals surface area (Å²) in [6.07, 6.45) is 9.29.